The number of nitrogens with one attached hydrogen (secondary N) is 4. The molecule has 1 atom stereocenters. The molecule has 0 aliphatic rings. The lowest BCUT2D eigenvalue weighted by Crippen LogP contribution is -2.41. The fraction of sp³-hybridized carbons (Fsp3) is 0.103. The molecule has 1 heterocycles. The van der Waals surface area contributed by atoms with E-state index >= 15 is 0 Å². The molecular formula is C39H30ClF3N4O3. The van der Waals surface area contributed by atoms with Gasteiger partial charge >= 0.3 is 6.18 Å². The average molecular weight is 695 g/mol. The third-order valence-corrected chi connectivity index (χ3v) is 8.52. The van der Waals surface area contributed by atoms with E-state index in [1.54, 1.807) is 66.7 Å². The van der Waals surface area contributed by atoms with Crippen LogP contribution in [0, 0.1) is 0 Å². The molecule has 1 aromatic heterocycles. The predicted molar refractivity (Wildman–Crippen MR) is 188 cm³/mol. The van der Waals surface area contributed by atoms with E-state index in [1.165, 1.54) is 24.3 Å². The minimum Gasteiger partial charge on any atom is -0.354 e. The standard InChI is InChI=1S/C39H30ClF3N4O3/c40-33-29-23-27(45-36(48)32-28(25-13-6-2-7-14-25)17-10-18-30(32)39(41,42)43)19-20-31(29)46-35(33)38(50)47-34(26-15-8-3-9-16-26)37(49)44-22-21-24-11-4-1-5-12-24/h1-20,23,34,46H,21-22H2,(H,44,49)(H,45,48)(H,47,50). The molecule has 0 fully saturated rings. The van der Waals surface area contributed by atoms with E-state index in [0.29, 0.717) is 35.0 Å². The van der Waals surface area contributed by atoms with Gasteiger partial charge in [0.2, 0.25) is 5.91 Å². The van der Waals surface area contributed by atoms with Crippen molar-refractivity contribution in [2.24, 2.45) is 0 Å². The Morgan fingerprint density at radius 3 is 2.10 bits per heavy atom. The van der Waals surface area contributed by atoms with Crippen LogP contribution < -0.4 is 16.0 Å². The first kappa shape index (κ1) is 34.0. The van der Waals surface area contributed by atoms with Crippen LogP contribution in [-0.2, 0) is 17.4 Å². The van der Waals surface area contributed by atoms with E-state index in [0.717, 1.165) is 11.6 Å². The van der Waals surface area contributed by atoms with Gasteiger partial charge in [0.25, 0.3) is 11.8 Å². The number of aromatic nitrogens is 1. The van der Waals surface area contributed by atoms with Crippen molar-refractivity contribution in [3.63, 3.8) is 0 Å². The van der Waals surface area contributed by atoms with Gasteiger partial charge in [0.1, 0.15) is 11.7 Å². The van der Waals surface area contributed by atoms with Gasteiger partial charge in [-0.15, -0.1) is 0 Å². The summed E-state index contributed by atoms with van der Waals surface area (Å²) >= 11 is 6.67. The molecule has 0 radical (unpaired) electrons. The summed E-state index contributed by atoms with van der Waals surface area (Å²) < 4.78 is 42.3. The predicted octanol–water partition coefficient (Wildman–Crippen LogP) is 8.59. The number of carbonyl (C=O) groups excluding carboxylic acids is 3. The number of hydrogen-bond donors (Lipinski definition) is 4. The number of hydrogen-bond acceptors (Lipinski definition) is 3. The van der Waals surface area contributed by atoms with Crippen LogP contribution in [0.25, 0.3) is 22.0 Å². The number of halogens is 4. The fourth-order valence-corrected chi connectivity index (χ4v) is 5.99. The lowest BCUT2D eigenvalue weighted by molar-refractivity contribution is -0.137. The van der Waals surface area contributed by atoms with Gasteiger partial charge in [0.15, 0.2) is 0 Å². The molecule has 4 N–H and O–H groups in total. The SMILES string of the molecule is O=C(NC(C(=O)NCCc1ccccc1)c1ccccc1)c1[nH]c2ccc(NC(=O)c3c(-c4ccccc4)cccc3C(F)(F)F)cc2c1Cl. The zero-order chi connectivity index (χ0) is 35.3. The molecule has 0 saturated carbocycles. The average Bonchev–Trinajstić information content (AvgIpc) is 3.46. The van der Waals surface area contributed by atoms with Crippen LogP contribution in [0.1, 0.15) is 43.6 Å². The first-order chi connectivity index (χ1) is 24.1. The topological polar surface area (TPSA) is 103 Å². The Bertz CT molecular complexity index is 2150. The van der Waals surface area contributed by atoms with Gasteiger partial charge in [-0.2, -0.15) is 13.2 Å². The molecule has 0 saturated heterocycles. The highest BCUT2D eigenvalue weighted by Gasteiger charge is 2.37. The van der Waals surface area contributed by atoms with E-state index in [1.807, 2.05) is 30.3 Å². The number of alkyl halides is 3. The number of aromatic amines is 1. The van der Waals surface area contributed by atoms with Crippen molar-refractivity contribution in [3.05, 3.63) is 160 Å². The fourth-order valence-electron chi connectivity index (χ4n) is 5.70. The first-order valence-corrected chi connectivity index (χ1v) is 16.0. The second kappa shape index (κ2) is 14.7. The zero-order valence-electron chi connectivity index (χ0n) is 26.4. The first-order valence-electron chi connectivity index (χ1n) is 15.7. The molecular weight excluding hydrogens is 665 g/mol. The van der Waals surface area contributed by atoms with Crippen molar-refractivity contribution in [2.45, 2.75) is 18.6 Å². The molecule has 11 heteroatoms. The maximum absolute atomic E-state index is 14.1. The number of rotatable bonds is 10. The number of H-pyrrole nitrogens is 1. The molecule has 6 rings (SSSR count). The van der Waals surface area contributed by atoms with Gasteiger partial charge < -0.3 is 20.9 Å². The van der Waals surface area contributed by atoms with Gasteiger partial charge in [-0.1, -0.05) is 115 Å². The summed E-state index contributed by atoms with van der Waals surface area (Å²) in [5.41, 5.74) is 1.13. The van der Waals surface area contributed by atoms with Crippen LogP contribution in [0.2, 0.25) is 5.02 Å². The van der Waals surface area contributed by atoms with Crippen molar-refractivity contribution >= 4 is 45.9 Å². The van der Waals surface area contributed by atoms with Gasteiger partial charge in [0.05, 0.1) is 16.1 Å². The Morgan fingerprint density at radius 1 is 0.760 bits per heavy atom. The molecule has 7 nitrogen and oxygen atoms in total. The van der Waals surface area contributed by atoms with Crippen LogP contribution in [0.4, 0.5) is 18.9 Å². The number of fused-ring (bicyclic) bond motifs is 1. The zero-order valence-corrected chi connectivity index (χ0v) is 27.1. The molecule has 0 aliphatic carbocycles. The summed E-state index contributed by atoms with van der Waals surface area (Å²) in [5, 5.41) is 8.57. The Labute approximate surface area is 290 Å². The highest BCUT2D eigenvalue weighted by atomic mass is 35.5. The highest BCUT2D eigenvalue weighted by molar-refractivity contribution is 6.39. The Balaban J connectivity index is 1.24. The minimum atomic E-state index is -4.79. The molecule has 0 aliphatic heterocycles. The van der Waals surface area contributed by atoms with E-state index in [2.05, 4.69) is 20.9 Å². The summed E-state index contributed by atoms with van der Waals surface area (Å²) in [6.07, 6.45) is -4.19. The molecule has 1 unspecified atom stereocenters. The lowest BCUT2D eigenvalue weighted by Gasteiger charge is -2.19. The van der Waals surface area contributed by atoms with E-state index < -0.39 is 41.1 Å². The normalized spacial score (nSPS) is 11.9. The Morgan fingerprint density at radius 2 is 1.42 bits per heavy atom. The summed E-state index contributed by atoms with van der Waals surface area (Å²) in [6, 6.07) is 33.8. The second-order valence-corrected chi connectivity index (χ2v) is 11.8. The molecule has 0 spiro atoms. The van der Waals surface area contributed by atoms with Crippen molar-refractivity contribution in [3.8, 4) is 11.1 Å². The number of amides is 3. The smallest absolute Gasteiger partial charge is 0.354 e. The largest absolute Gasteiger partial charge is 0.417 e. The van der Waals surface area contributed by atoms with Gasteiger partial charge in [-0.3, -0.25) is 14.4 Å². The van der Waals surface area contributed by atoms with Crippen molar-refractivity contribution in [1.29, 1.82) is 0 Å². The molecule has 252 valence electrons. The third-order valence-electron chi connectivity index (χ3n) is 8.13. The Kier molecular flexibility index (Phi) is 10.0. The monoisotopic (exact) mass is 694 g/mol. The van der Waals surface area contributed by atoms with Crippen molar-refractivity contribution in [2.75, 3.05) is 11.9 Å². The third kappa shape index (κ3) is 7.55. The summed E-state index contributed by atoms with van der Waals surface area (Å²) in [7, 11) is 0. The molecule has 0 bridgehead atoms. The molecule has 50 heavy (non-hydrogen) atoms. The van der Waals surface area contributed by atoms with Crippen LogP contribution >= 0.6 is 11.6 Å². The number of benzene rings is 5. The number of anilines is 1. The summed E-state index contributed by atoms with van der Waals surface area (Å²) in [5.74, 6) is -2.04. The Hall–Kier alpha value is -5.87. The van der Waals surface area contributed by atoms with Crippen LogP contribution in [0.5, 0.6) is 0 Å². The van der Waals surface area contributed by atoms with Crippen LogP contribution in [-0.4, -0.2) is 29.3 Å². The summed E-state index contributed by atoms with van der Waals surface area (Å²) in [4.78, 5) is 43.4. The van der Waals surface area contributed by atoms with E-state index in [4.69, 9.17) is 11.6 Å². The lowest BCUT2D eigenvalue weighted by atomic mass is 9.94. The highest BCUT2D eigenvalue weighted by Crippen LogP contribution is 2.38. The maximum Gasteiger partial charge on any atom is 0.417 e. The second-order valence-electron chi connectivity index (χ2n) is 11.5. The number of carbonyl (C=O) groups is 3. The summed E-state index contributed by atoms with van der Waals surface area (Å²) in [6.45, 7) is 0.351. The van der Waals surface area contributed by atoms with Crippen molar-refractivity contribution in [1.82, 2.24) is 15.6 Å². The van der Waals surface area contributed by atoms with Gasteiger partial charge in [-0.25, -0.2) is 0 Å². The quantitative estimate of drug-likeness (QED) is 0.116. The van der Waals surface area contributed by atoms with Crippen LogP contribution in [0.15, 0.2) is 127 Å². The van der Waals surface area contributed by atoms with Crippen LogP contribution in [0.3, 0.4) is 0 Å². The molecule has 6 aromatic rings. The minimum absolute atomic E-state index is 0.00515. The molecule has 5 aromatic carbocycles. The van der Waals surface area contributed by atoms with E-state index in [-0.39, 0.29) is 22.0 Å². The van der Waals surface area contributed by atoms with Gasteiger partial charge in [-0.05, 0) is 52.9 Å². The van der Waals surface area contributed by atoms with Crippen molar-refractivity contribution < 1.29 is 27.6 Å². The van der Waals surface area contributed by atoms with Gasteiger partial charge in [0, 0.05) is 23.1 Å². The van der Waals surface area contributed by atoms with E-state index in [9.17, 15) is 27.6 Å². The maximum atomic E-state index is 14.1. The molecule has 3 amide bonds.